The third-order valence-corrected chi connectivity index (χ3v) is 2.31. The second-order valence-electron chi connectivity index (χ2n) is 3.16. The van der Waals surface area contributed by atoms with Gasteiger partial charge < -0.3 is 5.73 Å². The first-order chi connectivity index (χ1) is 6.29. The van der Waals surface area contributed by atoms with E-state index >= 15 is 0 Å². The standard InChI is InChI=1S/C10H11N2O/c11-10(13)9-8-4-2-1-3-7(8)5-6-12-9/h1-4,9H,5-6H2,(H2,11,13). The summed E-state index contributed by atoms with van der Waals surface area (Å²) in [5, 5.41) is 4.20. The van der Waals surface area contributed by atoms with Gasteiger partial charge in [-0.15, -0.1) is 0 Å². The number of carbonyl (C=O) groups excluding carboxylic acids is 1. The van der Waals surface area contributed by atoms with Crippen LogP contribution in [0.3, 0.4) is 0 Å². The van der Waals surface area contributed by atoms with Gasteiger partial charge in [0, 0.05) is 6.54 Å². The number of carbonyl (C=O) groups is 1. The summed E-state index contributed by atoms with van der Waals surface area (Å²) >= 11 is 0. The summed E-state index contributed by atoms with van der Waals surface area (Å²) in [4.78, 5) is 11.0. The summed E-state index contributed by atoms with van der Waals surface area (Å²) < 4.78 is 0. The van der Waals surface area contributed by atoms with Gasteiger partial charge in [-0.2, -0.15) is 0 Å². The number of nitrogens with zero attached hydrogens (tertiary/aromatic N) is 1. The molecule has 0 aromatic heterocycles. The van der Waals surface area contributed by atoms with Crippen molar-refractivity contribution in [2.45, 2.75) is 12.5 Å². The molecule has 1 heterocycles. The van der Waals surface area contributed by atoms with Crippen LogP contribution in [-0.2, 0) is 11.2 Å². The quantitative estimate of drug-likeness (QED) is 0.658. The van der Waals surface area contributed by atoms with Gasteiger partial charge in [-0.1, -0.05) is 24.3 Å². The lowest BCUT2D eigenvalue weighted by Crippen LogP contribution is -2.34. The van der Waals surface area contributed by atoms with Gasteiger partial charge in [0.15, 0.2) is 0 Å². The van der Waals surface area contributed by atoms with Gasteiger partial charge in [0.25, 0.3) is 0 Å². The summed E-state index contributed by atoms with van der Waals surface area (Å²) in [5.41, 5.74) is 7.42. The number of rotatable bonds is 1. The van der Waals surface area contributed by atoms with Crippen molar-refractivity contribution < 1.29 is 4.79 Å². The smallest absolute Gasteiger partial charge is 0.240 e. The molecule has 1 unspecified atom stereocenters. The lowest BCUT2D eigenvalue weighted by atomic mass is 9.94. The van der Waals surface area contributed by atoms with Crippen molar-refractivity contribution in [1.29, 1.82) is 0 Å². The minimum absolute atomic E-state index is 0.354. The maximum absolute atomic E-state index is 11.0. The van der Waals surface area contributed by atoms with E-state index in [9.17, 15) is 4.79 Å². The molecule has 0 saturated heterocycles. The molecule has 1 radical (unpaired) electrons. The summed E-state index contributed by atoms with van der Waals surface area (Å²) in [6.07, 6.45) is 0.917. The molecule has 67 valence electrons. The highest BCUT2D eigenvalue weighted by atomic mass is 16.1. The molecule has 1 aliphatic rings. The summed E-state index contributed by atoms with van der Waals surface area (Å²) in [6, 6.07) is 7.41. The van der Waals surface area contributed by atoms with E-state index < -0.39 is 6.04 Å². The van der Waals surface area contributed by atoms with E-state index in [-0.39, 0.29) is 5.91 Å². The first-order valence-corrected chi connectivity index (χ1v) is 4.33. The normalized spacial score (nSPS) is 20.8. The molecule has 1 aromatic rings. The van der Waals surface area contributed by atoms with Crippen molar-refractivity contribution in [3.63, 3.8) is 0 Å². The Balaban J connectivity index is 2.42. The van der Waals surface area contributed by atoms with Crippen LogP contribution in [-0.4, -0.2) is 12.5 Å². The lowest BCUT2D eigenvalue weighted by molar-refractivity contribution is -0.120. The summed E-state index contributed by atoms with van der Waals surface area (Å²) in [5.74, 6) is -0.354. The van der Waals surface area contributed by atoms with Gasteiger partial charge in [-0.05, 0) is 17.5 Å². The first kappa shape index (κ1) is 8.26. The highest BCUT2D eigenvalue weighted by Gasteiger charge is 2.24. The molecular formula is C10H11N2O. The van der Waals surface area contributed by atoms with Crippen molar-refractivity contribution in [1.82, 2.24) is 5.32 Å². The zero-order valence-corrected chi connectivity index (χ0v) is 7.23. The first-order valence-electron chi connectivity index (χ1n) is 4.33. The van der Waals surface area contributed by atoms with Crippen LogP contribution in [0, 0.1) is 0 Å². The topological polar surface area (TPSA) is 57.2 Å². The van der Waals surface area contributed by atoms with Gasteiger partial charge in [0.05, 0.1) is 0 Å². The van der Waals surface area contributed by atoms with Gasteiger partial charge in [0.1, 0.15) is 6.04 Å². The molecule has 1 atom stereocenters. The van der Waals surface area contributed by atoms with E-state index in [0.717, 1.165) is 12.0 Å². The third-order valence-electron chi connectivity index (χ3n) is 2.31. The fourth-order valence-corrected chi connectivity index (χ4v) is 1.68. The number of benzene rings is 1. The molecule has 2 N–H and O–H groups in total. The molecule has 13 heavy (non-hydrogen) atoms. The van der Waals surface area contributed by atoms with Crippen molar-refractivity contribution >= 4 is 5.91 Å². The van der Waals surface area contributed by atoms with Crippen molar-refractivity contribution in [3.05, 3.63) is 35.4 Å². The van der Waals surface area contributed by atoms with Crippen LogP contribution < -0.4 is 11.1 Å². The summed E-state index contributed by atoms with van der Waals surface area (Å²) in [6.45, 7) is 0.699. The van der Waals surface area contributed by atoms with Crippen molar-refractivity contribution in [2.75, 3.05) is 6.54 Å². The Labute approximate surface area is 76.9 Å². The Bertz CT molecular complexity index is 335. The Morgan fingerprint density at radius 1 is 1.46 bits per heavy atom. The number of nitrogens with two attached hydrogens (primary N) is 1. The fourth-order valence-electron chi connectivity index (χ4n) is 1.68. The molecular weight excluding hydrogens is 164 g/mol. The molecule has 1 amide bonds. The molecule has 0 bridgehead atoms. The van der Waals surface area contributed by atoms with Crippen molar-refractivity contribution in [3.8, 4) is 0 Å². The Morgan fingerprint density at radius 3 is 3.00 bits per heavy atom. The van der Waals surface area contributed by atoms with E-state index in [1.165, 1.54) is 5.56 Å². The molecule has 0 fully saturated rings. The van der Waals surface area contributed by atoms with E-state index in [1.807, 2.05) is 24.3 Å². The molecule has 1 aromatic carbocycles. The van der Waals surface area contributed by atoms with Crippen LogP contribution in [0.5, 0.6) is 0 Å². The van der Waals surface area contributed by atoms with Gasteiger partial charge in [-0.25, -0.2) is 5.32 Å². The Morgan fingerprint density at radius 2 is 2.23 bits per heavy atom. The number of primary amides is 1. The maximum Gasteiger partial charge on any atom is 0.240 e. The summed E-state index contributed by atoms with van der Waals surface area (Å²) in [7, 11) is 0. The van der Waals surface area contributed by atoms with Crippen LogP contribution in [0.1, 0.15) is 17.2 Å². The Hall–Kier alpha value is -1.35. The lowest BCUT2D eigenvalue weighted by Gasteiger charge is -2.22. The predicted octanol–water partition coefficient (Wildman–Crippen LogP) is 0.373. The predicted molar refractivity (Wildman–Crippen MR) is 49.1 cm³/mol. The zero-order valence-electron chi connectivity index (χ0n) is 7.23. The van der Waals surface area contributed by atoms with Crippen LogP contribution in [0.15, 0.2) is 24.3 Å². The van der Waals surface area contributed by atoms with Crippen LogP contribution in [0.25, 0.3) is 0 Å². The number of amides is 1. The van der Waals surface area contributed by atoms with E-state index in [2.05, 4.69) is 5.32 Å². The molecule has 0 aliphatic carbocycles. The average Bonchev–Trinajstić information content (AvgIpc) is 2.17. The largest absolute Gasteiger partial charge is 0.368 e. The second kappa shape index (κ2) is 3.18. The fraction of sp³-hybridized carbons (Fsp3) is 0.300. The maximum atomic E-state index is 11.0. The van der Waals surface area contributed by atoms with Crippen molar-refractivity contribution in [2.24, 2.45) is 5.73 Å². The van der Waals surface area contributed by atoms with E-state index in [4.69, 9.17) is 5.73 Å². The minimum Gasteiger partial charge on any atom is -0.368 e. The minimum atomic E-state index is -0.426. The highest BCUT2D eigenvalue weighted by molar-refractivity contribution is 5.82. The number of hydrogen-bond donors (Lipinski definition) is 1. The SMILES string of the molecule is NC(=O)C1[N]CCc2ccccc21. The van der Waals surface area contributed by atoms with Crippen LogP contribution in [0.2, 0.25) is 0 Å². The molecule has 3 heteroatoms. The molecule has 0 spiro atoms. The third kappa shape index (κ3) is 1.42. The van der Waals surface area contributed by atoms with Crippen LogP contribution in [0.4, 0.5) is 0 Å². The van der Waals surface area contributed by atoms with Gasteiger partial charge in [-0.3, -0.25) is 4.79 Å². The van der Waals surface area contributed by atoms with E-state index in [1.54, 1.807) is 0 Å². The molecule has 3 nitrogen and oxygen atoms in total. The number of hydrogen-bond acceptors (Lipinski definition) is 1. The van der Waals surface area contributed by atoms with E-state index in [0.29, 0.717) is 6.54 Å². The zero-order chi connectivity index (χ0) is 9.26. The molecule has 0 saturated carbocycles. The molecule has 2 rings (SSSR count). The monoisotopic (exact) mass is 175 g/mol. The second-order valence-corrected chi connectivity index (χ2v) is 3.16. The van der Waals surface area contributed by atoms with Crippen LogP contribution >= 0.6 is 0 Å². The molecule has 1 aliphatic heterocycles. The van der Waals surface area contributed by atoms with Gasteiger partial charge >= 0.3 is 0 Å². The Kier molecular flexibility index (Phi) is 2.02. The number of fused-ring (bicyclic) bond motifs is 1. The van der Waals surface area contributed by atoms with Gasteiger partial charge in [0.2, 0.25) is 5.91 Å². The highest BCUT2D eigenvalue weighted by Crippen LogP contribution is 2.22. The average molecular weight is 175 g/mol.